The predicted molar refractivity (Wildman–Crippen MR) is 52.6 cm³/mol. The molecule has 1 aromatic rings. The second kappa shape index (κ2) is 4.28. The van der Waals surface area contributed by atoms with Crippen LogP contribution in [0.2, 0.25) is 5.02 Å². The number of ether oxygens (including phenoxy) is 1. The van der Waals surface area contributed by atoms with Crippen molar-refractivity contribution < 1.29 is 9.53 Å². The molecule has 0 heterocycles. The van der Waals surface area contributed by atoms with E-state index < -0.39 is 0 Å². The van der Waals surface area contributed by atoms with Crippen LogP contribution in [0, 0.1) is 0 Å². The van der Waals surface area contributed by atoms with Gasteiger partial charge in [-0.15, -0.1) is 0 Å². The predicted octanol–water partition coefficient (Wildman–Crippen LogP) is 2.94. The van der Waals surface area contributed by atoms with Gasteiger partial charge in [-0.1, -0.05) is 11.6 Å². The molecule has 1 rings (SSSR count). The third-order valence-corrected chi connectivity index (χ3v) is 1.77. The van der Waals surface area contributed by atoms with Crippen LogP contribution in [0.4, 0.5) is 0 Å². The third-order valence-electron chi connectivity index (χ3n) is 1.45. The molecule has 0 atom stereocenters. The molecule has 13 heavy (non-hydrogen) atoms. The fourth-order valence-corrected chi connectivity index (χ4v) is 1.10. The topological polar surface area (TPSA) is 26.3 Å². The zero-order valence-electron chi connectivity index (χ0n) is 7.58. The highest BCUT2D eigenvalue weighted by molar-refractivity contribution is 6.32. The molecule has 0 saturated carbocycles. The Morgan fingerprint density at radius 3 is 2.69 bits per heavy atom. The molecule has 0 aliphatic heterocycles. The first-order chi connectivity index (χ1) is 6.13. The molecule has 0 radical (unpaired) electrons. The summed E-state index contributed by atoms with van der Waals surface area (Å²) < 4.78 is 5.40. The minimum absolute atomic E-state index is 0.0550. The van der Waals surface area contributed by atoms with Crippen LogP contribution in [0.15, 0.2) is 18.2 Å². The molecule has 0 unspecified atom stereocenters. The Bertz CT molecular complexity index is 308. The third kappa shape index (κ3) is 2.74. The highest BCUT2D eigenvalue weighted by Gasteiger charge is 2.04. The van der Waals surface area contributed by atoms with Crippen molar-refractivity contribution in [2.45, 2.75) is 20.0 Å². The van der Waals surface area contributed by atoms with Gasteiger partial charge in [-0.05, 0) is 32.0 Å². The second-order valence-electron chi connectivity index (χ2n) is 2.97. The summed E-state index contributed by atoms with van der Waals surface area (Å²) in [4.78, 5) is 10.5. The molecule has 0 bridgehead atoms. The summed E-state index contributed by atoms with van der Waals surface area (Å²) in [6, 6.07) is 4.95. The van der Waals surface area contributed by atoms with Crippen LogP contribution < -0.4 is 4.74 Å². The molecule has 2 nitrogen and oxygen atoms in total. The lowest BCUT2D eigenvalue weighted by Gasteiger charge is -2.11. The molecule has 0 saturated heterocycles. The summed E-state index contributed by atoms with van der Waals surface area (Å²) in [7, 11) is 0. The minimum Gasteiger partial charge on any atom is -0.489 e. The maximum atomic E-state index is 10.5. The Morgan fingerprint density at radius 2 is 2.15 bits per heavy atom. The fraction of sp³-hybridized carbons (Fsp3) is 0.300. The highest BCUT2D eigenvalue weighted by Crippen LogP contribution is 2.25. The number of carbonyl (C=O) groups is 1. The Labute approximate surface area is 82.5 Å². The molecule has 0 aromatic heterocycles. The van der Waals surface area contributed by atoms with Gasteiger partial charge in [-0.3, -0.25) is 4.79 Å². The number of hydrogen-bond donors (Lipinski definition) is 0. The lowest BCUT2D eigenvalue weighted by Crippen LogP contribution is -2.06. The molecule has 0 aliphatic rings. The van der Waals surface area contributed by atoms with E-state index in [-0.39, 0.29) is 6.10 Å². The summed E-state index contributed by atoms with van der Waals surface area (Å²) in [5.41, 5.74) is 0.569. The van der Waals surface area contributed by atoms with Crippen LogP contribution >= 0.6 is 11.6 Å². The molecule has 0 amide bonds. The van der Waals surface area contributed by atoms with Crippen molar-refractivity contribution in [1.29, 1.82) is 0 Å². The van der Waals surface area contributed by atoms with Crippen LogP contribution in [0.1, 0.15) is 24.2 Å². The van der Waals surface area contributed by atoms with E-state index in [0.717, 1.165) is 6.29 Å². The largest absolute Gasteiger partial charge is 0.489 e. The molecule has 0 aliphatic carbocycles. The number of hydrogen-bond acceptors (Lipinski definition) is 2. The molecular formula is C10H11ClO2. The van der Waals surface area contributed by atoms with Crippen molar-refractivity contribution in [3.63, 3.8) is 0 Å². The van der Waals surface area contributed by atoms with E-state index >= 15 is 0 Å². The van der Waals surface area contributed by atoms with Gasteiger partial charge >= 0.3 is 0 Å². The molecule has 0 spiro atoms. The summed E-state index contributed by atoms with van der Waals surface area (Å²) in [5.74, 6) is 0.557. The summed E-state index contributed by atoms with van der Waals surface area (Å²) >= 11 is 5.86. The molecule has 1 aromatic carbocycles. The first-order valence-electron chi connectivity index (χ1n) is 4.05. The first kappa shape index (κ1) is 10.1. The summed E-state index contributed by atoms with van der Waals surface area (Å²) in [6.07, 6.45) is 0.822. The average Bonchev–Trinajstić information content (AvgIpc) is 2.08. The molecule has 70 valence electrons. The van der Waals surface area contributed by atoms with E-state index in [1.54, 1.807) is 18.2 Å². The quantitative estimate of drug-likeness (QED) is 0.698. The minimum atomic E-state index is 0.0550. The number of benzene rings is 1. The van der Waals surface area contributed by atoms with Crippen molar-refractivity contribution in [2.75, 3.05) is 0 Å². The van der Waals surface area contributed by atoms with Crippen molar-refractivity contribution in [1.82, 2.24) is 0 Å². The molecule has 0 N–H and O–H groups in total. The maximum absolute atomic E-state index is 10.5. The van der Waals surface area contributed by atoms with Crippen molar-refractivity contribution >= 4 is 17.9 Å². The number of carbonyl (C=O) groups excluding carboxylic acids is 1. The van der Waals surface area contributed by atoms with E-state index in [9.17, 15) is 4.79 Å². The van der Waals surface area contributed by atoms with Gasteiger partial charge in [0.15, 0.2) is 0 Å². The summed E-state index contributed by atoms with van der Waals surface area (Å²) in [5, 5.41) is 0.527. The van der Waals surface area contributed by atoms with Crippen molar-refractivity contribution in [2.24, 2.45) is 0 Å². The zero-order chi connectivity index (χ0) is 9.84. The van der Waals surface area contributed by atoms with Crippen LogP contribution in [-0.4, -0.2) is 12.4 Å². The molecule has 3 heteroatoms. The van der Waals surface area contributed by atoms with Gasteiger partial charge in [0, 0.05) is 5.56 Å². The van der Waals surface area contributed by atoms with Gasteiger partial charge in [0.2, 0.25) is 0 Å². The molecule has 0 fully saturated rings. The normalized spacial score (nSPS) is 10.2. The van der Waals surface area contributed by atoms with E-state index in [1.807, 2.05) is 13.8 Å². The Kier molecular flexibility index (Phi) is 3.32. The maximum Gasteiger partial charge on any atom is 0.150 e. The van der Waals surface area contributed by atoms with Crippen LogP contribution in [0.25, 0.3) is 0 Å². The number of aldehydes is 1. The Hall–Kier alpha value is -1.02. The highest BCUT2D eigenvalue weighted by atomic mass is 35.5. The van der Waals surface area contributed by atoms with Crippen molar-refractivity contribution in [3.8, 4) is 5.75 Å². The van der Waals surface area contributed by atoms with Gasteiger partial charge in [-0.2, -0.15) is 0 Å². The lowest BCUT2D eigenvalue weighted by molar-refractivity contribution is 0.112. The van der Waals surface area contributed by atoms with E-state index in [1.165, 1.54) is 0 Å². The molecular weight excluding hydrogens is 188 g/mol. The standard InChI is InChI=1S/C10H11ClO2/c1-7(2)13-10-5-8(6-12)3-4-9(10)11/h3-7H,1-2H3. The Balaban J connectivity index is 2.96. The van der Waals surface area contributed by atoms with Gasteiger partial charge < -0.3 is 4.74 Å². The van der Waals surface area contributed by atoms with Crippen LogP contribution in [-0.2, 0) is 0 Å². The van der Waals surface area contributed by atoms with Crippen LogP contribution in [0.3, 0.4) is 0 Å². The summed E-state index contributed by atoms with van der Waals surface area (Å²) in [6.45, 7) is 3.81. The zero-order valence-corrected chi connectivity index (χ0v) is 8.34. The SMILES string of the molecule is CC(C)Oc1cc(C=O)ccc1Cl. The van der Waals surface area contributed by atoms with Gasteiger partial charge in [0.05, 0.1) is 11.1 Å². The smallest absolute Gasteiger partial charge is 0.150 e. The van der Waals surface area contributed by atoms with Gasteiger partial charge in [0.25, 0.3) is 0 Å². The number of rotatable bonds is 3. The fourth-order valence-electron chi connectivity index (χ4n) is 0.938. The number of halogens is 1. The van der Waals surface area contributed by atoms with Gasteiger partial charge in [0.1, 0.15) is 12.0 Å². The van der Waals surface area contributed by atoms with E-state index in [0.29, 0.717) is 16.3 Å². The van der Waals surface area contributed by atoms with E-state index in [4.69, 9.17) is 16.3 Å². The first-order valence-corrected chi connectivity index (χ1v) is 4.42. The average molecular weight is 199 g/mol. The lowest BCUT2D eigenvalue weighted by atomic mass is 10.2. The monoisotopic (exact) mass is 198 g/mol. The van der Waals surface area contributed by atoms with Gasteiger partial charge in [-0.25, -0.2) is 0 Å². The van der Waals surface area contributed by atoms with Crippen LogP contribution in [0.5, 0.6) is 5.75 Å². The second-order valence-corrected chi connectivity index (χ2v) is 3.38. The van der Waals surface area contributed by atoms with E-state index in [2.05, 4.69) is 0 Å². The van der Waals surface area contributed by atoms with Crippen molar-refractivity contribution in [3.05, 3.63) is 28.8 Å². The Morgan fingerprint density at radius 1 is 1.46 bits per heavy atom.